The Morgan fingerprint density at radius 1 is 1.14 bits per heavy atom. The number of pyridine rings is 1. The van der Waals surface area contributed by atoms with E-state index in [2.05, 4.69) is 4.98 Å². The summed E-state index contributed by atoms with van der Waals surface area (Å²) in [6, 6.07) is 6.21. The van der Waals surface area contributed by atoms with Crippen molar-refractivity contribution in [2.75, 3.05) is 4.90 Å². The molecule has 1 aromatic heterocycles. The molecule has 2 aromatic rings. The second-order valence-electron chi connectivity index (χ2n) is 6.72. The highest BCUT2D eigenvalue weighted by atomic mass is 35.5. The van der Waals surface area contributed by atoms with Crippen molar-refractivity contribution in [1.29, 1.82) is 0 Å². The Balaban J connectivity index is 1.91. The van der Waals surface area contributed by atoms with Gasteiger partial charge in [0.1, 0.15) is 10.7 Å². The molecule has 0 N–H and O–H groups in total. The second kappa shape index (κ2) is 7.70. The first kappa shape index (κ1) is 21.7. The summed E-state index contributed by atoms with van der Waals surface area (Å²) in [6.45, 7) is 3.28. The minimum Gasteiger partial charge on any atom is -0.305 e. The van der Waals surface area contributed by atoms with E-state index in [1.54, 1.807) is 26.0 Å². The second-order valence-corrected chi connectivity index (χ2v) is 8.62. The molecule has 0 radical (unpaired) electrons. The molecule has 1 fully saturated rings. The van der Waals surface area contributed by atoms with Gasteiger partial charge in [-0.3, -0.25) is 4.79 Å². The van der Waals surface area contributed by atoms with E-state index in [1.807, 2.05) is 0 Å². The Morgan fingerprint density at radius 2 is 1.83 bits per heavy atom. The zero-order valence-electron chi connectivity index (χ0n) is 15.1. The van der Waals surface area contributed by atoms with Crippen molar-refractivity contribution in [1.82, 2.24) is 9.88 Å². The van der Waals surface area contributed by atoms with Crippen LogP contribution in [0.1, 0.15) is 19.4 Å². The van der Waals surface area contributed by atoms with Crippen LogP contribution in [0, 0.1) is 0 Å². The third kappa shape index (κ3) is 4.46. The van der Waals surface area contributed by atoms with Crippen LogP contribution < -0.4 is 4.90 Å². The molecule has 0 bridgehead atoms. The molecule has 0 spiro atoms. The summed E-state index contributed by atoms with van der Waals surface area (Å²) in [4.78, 5) is 31.9. The zero-order chi connectivity index (χ0) is 21.6. The lowest BCUT2D eigenvalue weighted by molar-refractivity contribution is -0.123. The van der Waals surface area contributed by atoms with Crippen molar-refractivity contribution < 1.29 is 22.8 Å². The molecule has 1 aromatic carbocycles. The van der Waals surface area contributed by atoms with Crippen molar-refractivity contribution in [2.45, 2.75) is 36.3 Å². The number of benzene rings is 1. The predicted molar refractivity (Wildman–Crippen MR) is 105 cm³/mol. The average Bonchev–Trinajstić information content (AvgIpc) is 2.76. The number of halogens is 5. The van der Waals surface area contributed by atoms with Gasteiger partial charge in [-0.1, -0.05) is 23.2 Å². The Kier molecular flexibility index (Phi) is 5.77. The number of amides is 3. The fraction of sp³-hybridized carbons (Fsp3) is 0.278. The summed E-state index contributed by atoms with van der Waals surface area (Å²) in [5.41, 5.74) is -4.91. The van der Waals surface area contributed by atoms with Crippen LogP contribution >= 0.6 is 35.0 Å². The first-order valence-corrected chi connectivity index (χ1v) is 9.79. The number of nitrogens with zero attached hydrogens (tertiary/aromatic N) is 3. The van der Waals surface area contributed by atoms with Gasteiger partial charge in [-0.05, 0) is 61.5 Å². The van der Waals surface area contributed by atoms with Gasteiger partial charge in [0.05, 0.1) is 10.7 Å². The van der Waals surface area contributed by atoms with E-state index < -0.39 is 23.0 Å². The fourth-order valence-electron chi connectivity index (χ4n) is 2.89. The average molecular weight is 464 g/mol. The van der Waals surface area contributed by atoms with Gasteiger partial charge in [0.2, 0.25) is 0 Å². The maximum absolute atomic E-state index is 13.0. The summed E-state index contributed by atoms with van der Waals surface area (Å²) in [5, 5.41) is 0.0438. The normalized spacial score (nSPS) is 16.7. The van der Waals surface area contributed by atoms with Gasteiger partial charge in [0.15, 0.2) is 0 Å². The van der Waals surface area contributed by atoms with Gasteiger partial charge in [0, 0.05) is 17.6 Å². The van der Waals surface area contributed by atoms with Gasteiger partial charge < -0.3 is 4.90 Å². The SMILES string of the molecule is CC1(C)C(=O)N(c2ccc(SC(F)(F)F)c(Cl)c2)C(=O)N1Cc1ccnc(Cl)c1. The molecular weight excluding hydrogens is 450 g/mol. The first-order valence-electron chi connectivity index (χ1n) is 8.22. The number of carbonyl (C=O) groups excluding carboxylic acids is 2. The number of urea groups is 1. The van der Waals surface area contributed by atoms with E-state index in [-0.39, 0.29) is 39.1 Å². The van der Waals surface area contributed by atoms with Crippen molar-refractivity contribution in [3.05, 3.63) is 52.3 Å². The molecule has 154 valence electrons. The number of imide groups is 1. The first-order chi connectivity index (χ1) is 13.4. The molecule has 11 heteroatoms. The van der Waals surface area contributed by atoms with E-state index in [9.17, 15) is 22.8 Å². The lowest BCUT2D eigenvalue weighted by Crippen LogP contribution is -2.43. The largest absolute Gasteiger partial charge is 0.446 e. The summed E-state index contributed by atoms with van der Waals surface area (Å²) in [5.74, 6) is -0.519. The topological polar surface area (TPSA) is 53.5 Å². The van der Waals surface area contributed by atoms with Crippen LogP contribution in [0.4, 0.5) is 23.7 Å². The van der Waals surface area contributed by atoms with E-state index in [4.69, 9.17) is 23.2 Å². The predicted octanol–water partition coefficient (Wildman–Crippen LogP) is 5.75. The van der Waals surface area contributed by atoms with Gasteiger partial charge in [-0.15, -0.1) is 0 Å². The maximum atomic E-state index is 13.0. The molecule has 0 unspecified atom stereocenters. The molecular formula is C18H14Cl2F3N3O2S. The number of hydrogen-bond donors (Lipinski definition) is 0. The van der Waals surface area contributed by atoms with Gasteiger partial charge >= 0.3 is 11.5 Å². The van der Waals surface area contributed by atoms with Crippen LogP contribution in [0.3, 0.4) is 0 Å². The van der Waals surface area contributed by atoms with E-state index >= 15 is 0 Å². The van der Waals surface area contributed by atoms with Gasteiger partial charge in [-0.25, -0.2) is 14.7 Å². The number of thioether (sulfide) groups is 1. The van der Waals surface area contributed by atoms with Crippen molar-refractivity contribution in [2.24, 2.45) is 0 Å². The molecule has 0 saturated carbocycles. The molecule has 29 heavy (non-hydrogen) atoms. The van der Waals surface area contributed by atoms with Crippen LogP contribution in [0.25, 0.3) is 0 Å². The van der Waals surface area contributed by atoms with Crippen LogP contribution in [0.15, 0.2) is 41.4 Å². The van der Waals surface area contributed by atoms with Crippen molar-refractivity contribution >= 4 is 52.6 Å². The maximum Gasteiger partial charge on any atom is 0.446 e. The highest BCUT2D eigenvalue weighted by molar-refractivity contribution is 8.00. The molecule has 0 atom stereocenters. The van der Waals surface area contributed by atoms with Crippen LogP contribution in [0.2, 0.25) is 10.2 Å². The third-order valence-electron chi connectivity index (χ3n) is 4.35. The molecule has 1 aliphatic heterocycles. The molecule has 0 aliphatic carbocycles. The summed E-state index contributed by atoms with van der Waals surface area (Å²) in [7, 11) is 0. The Morgan fingerprint density at radius 3 is 2.41 bits per heavy atom. The third-order valence-corrected chi connectivity index (χ3v) is 5.79. The van der Waals surface area contributed by atoms with Crippen LogP contribution in [-0.4, -0.2) is 32.9 Å². The Labute approximate surface area is 178 Å². The summed E-state index contributed by atoms with van der Waals surface area (Å²) >= 11 is 11.5. The van der Waals surface area contributed by atoms with Gasteiger partial charge in [0.25, 0.3) is 5.91 Å². The number of alkyl halides is 3. The number of carbonyl (C=O) groups is 2. The van der Waals surface area contributed by atoms with Gasteiger partial charge in [-0.2, -0.15) is 13.2 Å². The minimum absolute atomic E-state index is 0.0971. The van der Waals surface area contributed by atoms with E-state index in [0.29, 0.717) is 5.56 Å². The molecule has 3 rings (SSSR count). The molecule has 3 amide bonds. The zero-order valence-corrected chi connectivity index (χ0v) is 17.5. The Bertz CT molecular complexity index is 985. The Hall–Kier alpha value is -1.97. The lowest BCUT2D eigenvalue weighted by Gasteiger charge is -2.27. The molecule has 1 saturated heterocycles. The highest BCUT2D eigenvalue weighted by Crippen LogP contribution is 2.42. The highest BCUT2D eigenvalue weighted by Gasteiger charge is 2.51. The minimum atomic E-state index is -4.50. The number of rotatable bonds is 4. The molecule has 2 heterocycles. The fourth-order valence-corrected chi connectivity index (χ4v) is 3.92. The lowest BCUT2D eigenvalue weighted by atomic mass is 10.0. The molecule has 1 aliphatic rings. The number of anilines is 1. The summed E-state index contributed by atoms with van der Waals surface area (Å²) in [6.07, 6.45) is 1.49. The summed E-state index contributed by atoms with van der Waals surface area (Å²) < 4.78 is 37.8. The van der Waals surface area contributed by atoms with E-state index in [0.717, 1.165) is 11.0 Å². The van der Waals surface area contributed by atoms with Crippen LogP contribution in [0.5, 0.6) is 0 Å². The molecule has 5 nitrogen and oxygen atoms in total. The van der Waals surface area contributed by atoms with Crippen molar-refractivity contribution in [3.8, 4) is 0 Å². The number of aromatic nitrogens is 1. The standard InChI is InChI=1S/C18H14Cl2F3N3O2S/c1-17(2)15(27)26(11-3-4-13(12(19)8-11)29-18(21,22)23)16(28)25(17)9-10-5-6-24-14(20)7-10/h3-8H,9H2,1-2H3. The van der Waals surface area contributed by atoms with Crippen molar-refractivity contribution in [3.63, 3.8) is 0 Å². The smallest absolute Gasteiger partial charge is 0.305 e. The number of hydrogen-bond acceptors (Lipinski definition) is 4. The quantitative estimate of drug-likeness (QED) is 0.329. The monoisotopic (exact) mass is 463 g/mol. The van der Waals surface area contributed by atoms with E-state index in [1.165, 1.54) is 23.2 Å². The van der Waals surface area contributed by atoms with Crippen LogP contribution in [-0.2, 0) is 11.3 Å².